The Morgan fingerprint density at radius 3 is 2.95 bits per heavy atom. The standard InChI is InChI=1S/C15H19ClN2O2S/c1-15(20,10-21-2)9-17-14(19)8-18-6-5-11-3-4-12(16)7-13(11)18/h3-7,20H,8-10H2,1-2H3,(H,17,19). The summed E-state index contributed by atoms with van der Waals surface area (Å²) in [6.45, 7) is 2.17. The van der Waals surface area contributed by atoms with E-state index in [1.807, 2.05) is 41.3 Å². The van der Waals surface area contributed by atoms with Gasteiger partial charge in [-0.25, -0.2) is 0 Å². The van der Waals surface area contributed by atoms with Crippen LogP contribution >= 0.6 is 23.4 Å². The van der Waals surface area contributed by atoms with Gasteiger partial charge in [-0.1, -0.05) is 17.7 Å². The molecule has 114 valence electrons. The third kappa shape index (κ3) is 4.40. The summed E-state index contributed by atoms with van der Waals surface area (Å²) in [5, 5.41) is 14.5. The van der Waals surface area contributed by atoms with Gasteiger partial charge in [0.1, 0.15) is 6.54 Å². The Morgan fingerprint density at radius 2 is 2.24 bits per heavy atom. The van der Waals surface area contributed by atoms with Crippen LogP contribution in [0.1, 0.15) is 6.92 Å². The summed E-state index contributed by atoms with van der Waals surface area (Å²) in [5.41, 5.74) is 0.0328. The summed E-state index contributed by atoms with van der Waals surface area (Å²) in [4.78, 5) is 12.0. The lowest BCUT2D eigenvalue weighted by Gasteiger charge is -2.22. The minimum atomic E-state index is -0.892. The molecule has 2 rings (SSSR count). The number of carbonyl (C=O) groups is 1. The number of aliphatic hydroxyl groups is 1. The number of benzene rings is 1. The molecule has 21 heavy (non-hydrogen) atoms. The summed E-state index contributed by atoms with van der Waals surface area (Å²) in [5.74, 6) is 0.448. The molecule has 0 aliphatic heterocycles. The normalized spacial score (nSPS) is 14.1. The Bertz CT molecular complexity index is 640. The van der Waals surface area contributed by atoms with Crippen molar-refractivity contribution >= 4 is 40.2 Å². The van der Waals surface area contributed by atoms with E-state index in [9.17, 15) is 9.90 Å². The lowest BCUT2D eigenvalue weighted by Crippen LogP contribution is -2.43. The predicted octanol–water partition coefficient (Wildman–Crippen LogP) is 2.52. The number of thioether (sulfide) groups is 1. The minimum absolute atomic E-state index is 0.131. The van der Waals surface area contributed by atoms with Gasteiger partial charge >= 0.3 is 0 Å². The van der Waals surface area contributed by atoms with Crippen LogP contribution in [0.3, 0.4) is 0 Å². The first kappa shape index (κ1) is 16.2. The Labute approximate surface area is 133 Å². The van der Waals surface area contributed by atoms with E-state index in [-0.39, 0.29) is 19.0 Å². The molecular formula is C15H19ClN2O2S. The van der Waals surface area contributed by atoms with Crippen molar-refractivity contribution in [2.75, 3.05) is 18.6 Å². The van der Waals surface area contributed by atoms with Crippen LogP contribution in [0.15, 0.2) is 30.5 Å². The number of nitrogens with zero attached hydrogens (tertiary/aromatic N) is 1. The molecule has 1 amide bonds. The summed E-state index contributed by atoms with van der Waals surface area (Å²) < 4.78 is 1.85. The van der Waals surface area contributed by atoms with E-state index in [2.05, 4.69) is 5.32 Å². The predicted molar refractivity (Wildman–Crippen MR) is 89.0 cm³/mol. The number of hydrogen-bond acceptors (Lipinski definition) is 3. The molecule has 0 aliphatic rings. The third-order valence-electron chi connectivity index (χ3n) is 3.17. The molecule has 1 aromatic carbocycles. The van der Waals surface area contributed by atoms with Gasteiger partial charge in [0.15, 0.2) is 0 Å². The van der Waals surface area contributed by atoms with Gasteiger partial charge in [-0.15, -0.1) is 0 Å². The number of fused-ring (bicyclic) bond motifs is 1. The zero-order chi connectivity index (χ0) is 15.5. The molecule has 1 unspecified atom stereocenters. The van der Waals surface area contributed by atoms with Crippen LogP contribution < -0.4 is 5.32 Å². The van der Waals surface area contributed by atoms with E-state index in [4.69, 9.17) is 11.6 Å². The zero-order valence-electron chi connectivity index (χ0n) is 12.1. The number of aromatic nitrogens is 1. The van der Waals surface area contributed by atoms with E-state index in [1.54, 1.807) is 18.7 Å². The SMILES string of the molecule is CSCC(C)(O)CNC(=O)Cn1ccc2ccc(Cl)cc21. The number of carbonyl (C=O) groups excluding carboxylic acids is 1. The lowest BCUT2D eigenvalue weighted by molar-refractivity contribution is -0.122. The Kier molecular flexibility index (Phi) is 5.19. The van der Waals surface area contributed by atoms with Crippen molar-refractivity contribution in [3.8, 4) is 0 Å². The first-order valence-electron chi connectivity index (χ1n) is 6.64. The van der Waals surface area contributed by atoms with Gasteiger partial charge in [0.25, 0.3) is 0 Å². The quantitative estimate of drug-likeness (QED) is 0.857. The van der Waals surface area contributed by atoms with E-state index in [0.29, 0.717) is 10.8 Å². The lowest BCUT2D eigenvalue weighted by atomic mass is 10.1. The molecule has 2 aromatic rings. The van der Waals surface area contributed by atoms with Gasteiger partial charge in [-0.05, 0) is 36.8 Å². The van der Waals surface area contributed by atoms with Crippen LogP contribution in [0.5, 0.6) is 0 Å². The molecular weight excluding hydrogens is 308 g/mol. The second-order valence-electron chi connectivity index (χ2n) is 5.35. The fraction of sp³-hybridized carbons (Fsp3) is 0.400. The highest BCUT2D eigenvalue weighted by Gasteiger charge is 2.20. The van der Waals surface area contributed by atoms with E-state index < -0.39 is 5.60 Å². The van der Waals surface area contributed by atoms with Gasteiger partial charge in [0.05, 0.1) is 5.60 Å². The zero-order valence-corrected chi connectivity index (χ0v) is 13.7. The fourth-order valence-corrected chi connectivity index (χ4v) is 3.05. The van der Waals surface area contributed by atoms with E-state index in [1.165, 1.54) is 0 Å². The number of hydrogen-bond donors (Lipinski definition) is 2. The average molecular weight is 327 g/mol. The molecule has 1 atom stereocenters. The number of nitrogens with one attached hydrogen (secondary N) is 1. The van der Waals surface area contributed by atoms with Crippen molar-refractivity contribution in [3.05, 3.63) is 35.5 Å². The van der Waals surface area contributed by atoms with Gasteiger partial charge in [-0.3, -0.25) is 4.79 Å². The molecule has 0 saturated carbocycles. The van der Waals surface area contributed by atoms with E-state index >= 15 is 0 Å². The van der Waals surface area contributed by atoms with Crippen LogP contribution in [0.2, 0.25) is 5.02 Å². The molecule has 0 saturated heterocycles. The van der Waals surface area contributed by atoms with Gasteiger partial charge < -0.3 is 15.0 Å². The molecule has 1 heterocycles. The maximum absolute atomic E-state index is 12.0. The van der Waals surface area contributed by atoms with Gasteiger partial charge in [0.2, 0.25) is 5.91 Å². The Morgan fingerprint density at radius 1 is 1.48 bits per heavy atom. The minimum Gasteiger partial charge on any atom is -0.387 e. The summed E-state index contributed by atoms with van der Waals surface area (Å²) in [7, 11) is 0. The first-order valence-corrected chi connectivity index (χ1v) is 8.41. The van der Waals surface area contributed by atoms with E-state index in [0.717, 1.165) is 10.9 Å². The van der Waals surface area contributed by atoms with Gasteiger partial charge in [-0.2, -0.15) is 11.8 Å². The first-order chi connectivity index (χ1) is 9.91. The van der Waals surface area contributed by atoms with Crippen LogP contribution in [0.25, 0.3) is 10.9 Å². The third-order valence-corrected chi connectivity index (χ3v) is 4.32. The van der Waals surface area contributed by atoms with Crippen molar-refractivity contribution in [2.24, 2.45) is 0 Å². The van der Waals surface area contributed by atoms with Crippen LogP contribution in [-0.2, 0) is 11.3 Å². The molecule has 0 aliphatic carbocycles. The average Bonchev–Trinajstić information content (AvgIpc) is 2.79. The van der Waals surface area contributed by atoms with Gasteiger partial charge in [0, 0.05) is 29.0 Å². The maximum Gasteiger partial charge on any atom is 0.240 e. The van der Waals surface area contributed by atoms with Crippen molar-refractivity contribution in [2.45, 2.75) is 19.1 Å². The Hall–Kier alpha value is -1.17. The molecule has 0 spiro atoms. The molecule has 6 heteroatoms. The smallest absolute Gasteiger partial charge is 0.240 e. The molecule has 0 bridgehead atoms. The Balaban J connectivity index is 2.00. The number of halogens is 1. The molecule has 2 N–H and O–H groups in total. The molecule has 0 fully saturated rings. The molecule has 1 aromatic heterocycles. The van der Waals surface area contributed by atoms with Crippen molar-refractivity contribution in [1.82, 2.24) is 9.88 Å². The highest BCUT2D eigenvalue weighted by Crippen LogP contribution is 2.20. The van der Waals surface area contributed by atoms with Crippen molar-refractivity contribution in [1.29, 1.82) is 0 Å². The highest BCUT2D eigenvalue weighted by molar-refractivity contribution is 7.98. The topological polar surface area (TPSA) is 54.3 Å². The largest absolute Gasteiger partial charge is 0.387 e. The molecule has 4 nitrogen and oxygen atoms in total. The van der Waals surface area contributed by atoms with Crippen LogP contribution in [0.4, 0.5) is 0 Å². The fourth-order valence-electron chi connectivity index (χ4n) is 2.16. The molecule has 0 radical (unpaired) electrons. The maximum atomic E-state index is 12.0. The summed E-state index contributed by atoms with van der Waals surface area (Å²) >= 11 is 7.54. The highest BCUT2D eigenvalue weighted by atomic mass is 35.5. The second kappa shape index (κ2) is 6.73. The van der Waals surface area contributed by atoms with Crippen molar-refractivity contribution in [3.63, 3.8) is 0 Å². The summed E-state index contributed by atoms with van der Waals surface area (Å²) in [6.07, 6.45) is 3.78. The second-order valence-corrected chi connectivity index (χ2v) is 6.66. The monoisotopic (exact) mass is 326 g/mol. The van der Waals surface area contributed by atoms with Crippen LogP contribution in [-0.4, -0.2) is 39.7 Å². The number of rotatable bonds is 6. The summed E-state index contributed by atoms with van der Waals surface area (Å²) in [6, 6.07) is 7.54. The van der Waals surface area contributed by atoms with Crippen molar-refractivity contribution < 1.29 is 9.90 Å². The van der Waals surface area contributed by atoms with Crippen LogP contribution in [0, 0.1) is 0 Å². The number of amides is 1.